The van der Waals surface area contributed by atoms with Crippen molar-refractivity contribution in [3.8, 4) is 11.3 Å². The normalized spacial score (nSPS) is 16.4. The van der Waals surface area contributed by atoms with Gasteiger partial charge in [-0.05, 0) is 30.9 Å². The number of rotatable bonds is 7. The molecule has 3 N–H and O–H groups in total. The van der Waals surface area contributed by atoms with Crippen LogP contribution in [-0.4, -0.2) is 23.5 Å². The molecule has 1 fully saturated rings. The topological polar surface area (TPSA) is 81.1 Å². The molecule has 0 spiro atoms. The average Bonchev–Trinajstić information content (AvgIpc) is 3.14. The van der Waals surface area contributed by atoms with Gasteiger partial charge in [-0.25, -0.2) is 4.98 Å². The van der Waals surface area contributed by atoms with Crippen LogP contribution in [0.3, 0.4) is 0 Å². The fourth-order valence-electron chi connectivity index (χ4n) is 3.62. The third-order valence-electron chi connectivity index (χ3n) is 5.08. The number of nitrogens with two attached hydrogens (primary N) is 1. The first kappa shape index (κ1) is 18.9. The summed E-state index contributed by atoms with van der Waals surface area (Å²) in [4.78, 5) is 16.6. The molecular weight excluding hydrogens is 350 g/mol. The molecule has 0 saturated heterocycles. The average molecular weight is 376 g/mol. The summed E-state index contributed by atoms with van der Waals surface area (Å²) in [5.74, 6) is 1.67. The third kappa shape index (κ3) is 4.86. The highest BCUT2D eigenvalue weighted by atomic mass is 35.5. The molecule has 3 rings (SSSR count). The van der Waals surface area contributed by atoms with E-state index in [-0.39, 0.29) is 11.9 Å². The van der Waals surface area contributed by atoms with Gasteiger partial charge in [0.25, 0.3) is 0 Å². The Morgan fingerprint density at radius 1 is 1.31 bits per heavy atom. The number of carbonyl (C=O) groups is 1. The SMILES string of the molecule is NCC(NC(=O)CCc1ncc(-c2ccccc2Cl)o1)C1CCCCC1. The Labute approximate surface area is 159 Å². The number of hydrogen-bond donors (Lipinski definition) is 2. The minimum atomic E-state index is 0.00326. The Morgan fingerprint density at radius 2 is 2.08 bits per heavy atom. The number of halogens is 1. The molecule has 5 nitrogen and oxygen atoms in total. The van der Waals surface area contributed by atoms with Gasteiger partial charge in [-0.1, -0.05) is 43.0 Å². The Morgan fingerprint density at radius 3 is 2.81 bits per heavy atom. The summed E-state index contributed by atoms with van der Waals surface area (Å²) in [6, 6.07) is 7.54. The Balaban J connectivity index is 1.52. The molecule has 0 radical (unpaired) electrons. The van der Waals surface area contributed by atoms with Gasteiger partial charge in [0.05, 0.1) is 11.2 Å². The summed E-state index contributed by atoms with van der Waals surface area (Å²) in [6.07, 6.45) is 8.52. The van der Waals surface area contributed by atoms with E-state index in [0.29, 0.717) is 42.0 Å². The van der Waals surface area contributed by atoms with Crippen LogP contribution >= 0.6 is 11.6 Å². The Hall–Kier alpha value is -1.85. The molecule has 1 aromatic heterocycles. The van der Waals surface area contributed by atoms with E-state index >= 15 is 0 Å². The molecule has 1 aromatic carbocycles. The van der Waals surface area contributed by atoms with E-state index in [1.54, 1.807) is 6.20 Å². The maximum atomic E-state index is 12.3. The maximum Gasteiger partial charge on any atom is 0.220 e. The van der Waals surface area contributed by atoms with Crippen LogP contribution in [0.25, 0.3) is 11.3 Å². The zero-order valence-electron chi connectivity index (χ0n) is 14.9. The van der Waals surface area contributed by atoms with Crippen molar-refractivity contribution in [1.82, 2.24) is 10.3 Å². The highest BCUT2D eigenvalue weighted by Crippen LogP contribution is 2.28. The quantitative estimate of drug-likeness (QED) is 0.767. The third-order valence-corrected chi connectivity index (χ3v) is 5.41. The number of nitrogens with one attached hydrogen (secondary N) is 1. The Bertz CT molecular complexity index is 725. The predicted molar refractivity (Wildman–Crippen MR) is 103 cm³/mol. The van der Waals surface area contributed by atoms with E-state index in [0.717, 1.165) is 18.4 Å². The number of nitrogens with zero attached hydrogens (tertiary/aromatic N) is 1. The van der Waals surface area contributed by atoms with Crippen molar-refractivity contribution in [1.29, 1.82) is 0 Å². The van der Waals surface area contributed by atoms with Crippen molar-refractivity contribution in [3.05, 3.63) is 41.4 Å². The minimum absolute atomic E-state index is 0.00326. The van der Waals surface area contributed by atoms with Crippen molar-refractivity contribution in [2.24, 2.45) is 11.7 Å². The molecule has 1 heterocycles. The minimum Gasteiger partial charge on any atom is -0.441 e. The van der Waals surface area contributed by atoms with Gasteiger partial charge in [0.15, 0.2) is 11.7 Å². The first-order valence-corrected chi connectivity index (χ1v) is 9.74. The van der Waals surface area contributed by atoms with Gasteiger partial charge >= 0.3 is 0 Å². The first-order valence-electron chi connectivity index (χ1n) is 9.36. The Kier molecular flexibility index (Phi) is 6.69. The molecule has 1 amide bonds. The van der Waals surface area contributed by atoms with E-state index in [9.17, 15) is 4.79 Å². The number of amides is 1. The lowest BCUT2D eigenvalue weighted by Gasteiger charge is -2.30. The van der Waals surface area contributed by atoms with Gasteiger partial charge in [0.1, 0.15) is 0 Å². The summed E-state index contributed by atoms with van der Waals surface area (Å²) in [7, 11) is 0. The van der Waals surface area contributed by atoms with Crippen LogP contribution in [0.1, 0.15) is 44.4 Å². The van der Waals surface area contributed by atoms with Crippen LogP contribution in [0.15, 0.2) is 34.9 Å². The molecule has 140 valence electrons. The number of oxazole rings is 1. The fraction of sp³-hybridized carbons (Fsp3) is 0.500. The number of aromatic nitrogens is 1. The van der Waals surface area contributed by atoms with E-state index in [1.807, 2.05) is 24.3 Å². The van der Waals surface area contributed by atoms with Gasteiger partial charge < -0.3 is 15.5 Å². The van der Waals surface area contributed by atoms with E-state index in [2.05, 4.69) is 10.3 Å². The predicted octanol–water partition coefficient (Wildman–Crippen LogP) is 3.95. The lowest BCUT2D eigenvalue weighted by molar-refractivity contribution is -0.122. The second-order valence-electron chi connectivity index (χ2n) is 6.91. The highest BCUT2D eigenvalue weighted by Gasteiger charge is 2.24. The first-order chi connectivity index (χ1) is 12.7. The maximum absolute atomic E-state index is 12.3. The standard InChI is InChI=1S/C20H26ClN3O2/c21-16-9-5-4-8-15(16)18-13-23-20(26-18)11-10-19(25)24-17(12-22)14-6-2-1-3-7-14/h4-5,8-9,13-14,17H,1-3,6-7,10-12,22H2,(H,24,25). The van der Waals surface area contributed by atoms with Crippen molar-refractivity contribution in [3.63, 3.8) is 0 Å². The molecule has 0 aliphatic heterocycles. The van der Waals surface area contributed by atoms with Crippen LogP contribution in [-0.2, 0) is 11.2 Å². The monoisotopic (exact) mass is 375 g/mol. The molecule has 6 heteroatoms. The van der Waals surface area contributed by atoms with Crippen molar-refractivity contribution in [2.45, 2.75) is 51.0 Å². The number of hydrogen-bond acceptors (Lipinski definition) is 4. The van der Waals surface area contributed by atoms with Gasteiger partial charge in [0, 0.05) is 31.0 Å². The zero-order valence-corrected chi connectivity index (χ0v) is 15.7. The summed E-state index contributed by atoms with van der Waals surface area (Å²) in [5, 5.41) is 3.72. The van der Waals surface area contributed by atoms with Crippen molar-refractivity contribution < 1.29 is 9.21 Å². The molecule has 1 saturated carbocycles. The van der Waals surface area contributed by atoms with E-state index in [1.165, 1.54) is 19.3 Å². The number of aryl methyl sites for hydroxylation is 1. The fourth-order valence-corrected chi connectivity index (χ4v) is 3.85. The highest BCUT2D eigenvalue weighted by molar-refractivity contribution is 6.33. The van der Waals surface area contributed by atoms with E-state index < -0.39 is 0 Å². The van der Waals surface area contributed by atoms with Crippen LogP contribution in [0.5, 0.6) is 0 Å². The molecule has 1 atom stereocenters. The summed E-state index contributed by atoms with van der Waals surface area (Å²) in [6.45, 7) is 0.492. The van der Waals surface area contributed by atoms with Crippen LogP contribution in [0.2, 0.25) is 5.02 Å². The second-order valence-corrected chi connectivity index (χ2v) is 7.31. The van der Waals surface area contributed by atoms with Crippen LogP contribution in [0.4, 0.5) is 0 Å². The molecular formula is C20H26ClN3O2. The summed E-state index contributed by atoms with van der Waals surface area (Å²) >= 11 is 6.18. The van der Waals surface area contributed by atoms with Crippen molar-refractivity contribution in [2.75, 3.05) is 6.54 Å². The summed E-state index contributed by atoms with van der Waals surface area (Å²) < 4.78 is 5.75. The zero-order chi connectivity index (χ0) is 18.4. The van der Waals surface area contributed by atoms with Gasteiger partial charge in [0.2, 0.25) is 5.91 Å². The molecule has 0 bridgehead atoms. The number of benzene rings is 1. The van der Waals surface area contributed by atoms with E-state index in [4.69, 9.17) is 21.8 Å². The molecule has 26 heavy (non-hydrogen) atoms. The largest absolute Gasteiger partial charge is 0.441 e. The smallest absolute Gasteiger partial charge is 0.220 e. The molecule has 2 aromatic rings. The molecule has 1 aliphatic rings. The van der Waals surface area contributed by atoms with Gasteiger partial charge in [-0.2, -0.15) is 0 Å². The lowest BCUT2D eigenvalue weighted by atomic mass is 9.84. The molecule has 1 unspecified atom stereocenters. The summed E-state index contributed by atoms with van der Waals surface area (Å²) in [5.41, 5.74) is 6.69. The van der Waals surface area contributed by atoms with Gasteiger partial charge in [-0.15, -0.1) is 0 Å². The van der Waals surface area contributed by atoms with Crippen LogP contribution < -0.4 is 11.1 Å². The van der Waals surface area contributed by atoms with Crippen molar-refractivity contribution >= 4 is 17.5 Å². The molecule has 1 aliphatic carbocycles. The second kappa shape index (κ2) is 9.19. The lowest BCUT2D eigenvalue weighted by Crippen LogP contribution is -2.46. The van der Waals surface area contributed by atoms with Crippen LogP contribution in [0, 0.1) is 5.92 Å². The van der Waals surface area contributed by atoms with Gasteiger partial charge in [-0.3, -0.25) is 4.79 Å². The number of carbonyl (C=O) groups excluding carboxylic acids is 1.